The highest BCUT2D eigenvalue weighted by Gasteiger charge is 2.72. The van der Waals surface area contributed by atoms with Crippen LogP contribution in [0, 0.1) is 0 Å². The van der Waals surface area contributed by atoms with Crippen molar-refractivity contribution in [1.29, 1.82) is 0 Å². The quantitative estimate of drug-likeness (QED) is 0.851. The molecule has 2 N–H and O–H groups in total. The van der Waals surface area contributed by atoms with Crippen molar-refractivity contribution >= 4 is 28.9 Å². The highest BCUT2D eigenvalue weighted by Crippen LogP contribution is 2.57. The summed E-state index contributed by atoms with van der Waals surface area (Å²) in [4.78, 5) is 26.8. The van der Waals surface area contributed by atoms with Crippen molar-refractivity contribution in [2.75, 3.05) is 4.90 Å². The molecule has 0 spiro atoms. The average molecular weight is 370 g/mol. The second-order valence-electron chi connectivity index (χ2n) is 6.59. The van der Waals surface area contributed by atoms with E-state index < -0.39 is 22.9 Å². The molecule has 132 valence electrons. The lowest BCUT2D eigenvalue weighted by atomic mass is 9.83. The number of hydrogen-bond acceptors (Lipinski definition) is 5. The fraction of sp³-hybridized carbons (Fsp3) is 0.200. The maximum absolute atomic E-state index is 13.1. The molecule has 0 aromatic heterocycles. The molecule has 0 bridgehead atoms. The number of benzene rings is 2. The van der Waals surface area contributed by atoms with Crippen molar-refractivity contribution in [3.8, 4) is 0 Å². The summed E-state index contributed by atoms with van der Waals surface area (Å²) in [5, 5.41) is 23.6. The van der Waals surface area contributed by atoms with Gasteiger partial charge in [-0.1, -0.05) is 41.9 Å². The van der Waals surface area contributed by atoms with Crippen molar-refractivity contribution in [1.82, 2.24) is 0 Å². The molecular formula is C20H16ClNO4. The van der Waals surface area contributed by atoms with E-state index in [0.29, 0.717) is 16.4 Å². The molecule has 2 aromatic carbocycles. The molecule has 0 saturated heterocycles. The minimum absolute atomic E-state index is 0.110. The lowest BCUT2D eigenvalue weighted by Gasteiger charge is -2.40. The van der Waals surface area contributed by atoms with Gasteiger partial charge in [0.1, 0.15) is 0 Å². The van der Waals surface area contributed by atoms with Crippen molar-refractivity contribution in [3.05, 3.63) is 76.0 Å². The molecule has 1 aliphatic heterocycles. The van der Waals surface area contributed by atoms with Crippen LogP contribution in [0.2, 0.25) is 5.02 Å². The van der Waals surface area contributed by atoms with Gasteiger partial charge in [-0.25, -0.2) is 0 Å². The van der Waals surface area contributed by atoms with E-state index in [9.17, 15) is 19.8 Å². The molecule has 1 heterocycles. The van der Waals surface area contributed by atoms with Crippen LogP contribution in [0.5, 0.6) is 0 Å². The highest BCUT2D eigenvalue weighted by molar-refractivity contribution is 6.30. The number of halogens is 1. The Morgan fingerprint density at radius 2 is 1.81 bits per heavy atom. The maximum atomic E-state index is 13.1. The summed E-state index contributed by atoms with van der Waals surface area (Å²) in [6, 6.07) is 13.1. The number of carbonyl (C=O) groups excluding carboxylic acids is 2. The second-order valence-corrected chi connectivity index (χ2v) is 7.03. The van der Waals surface area contributed by atoms with Crippen molar-refractivity contribution in [2.45, 2.75) is 25.2 Å². The predicted octanol–water partition coefficient (Wildman–Crippen LogP) is 2.80. The third-order valence-corrected chi connectivity index (χ3v) is 5.42. The Hall–Kier alpha value is -2.47. The molecule has 2 aromatic rings. The Morgan fingerprint density at radius 3 is 2.46 bits per heavy atom. The van der Waals surface area contributed by atoms with Crippen LogP contribution < -0.4 is 4.90 Å². The molecular weight excluding hydrogens is 354 g/mol. The number of hydrogen-bond donors (Lipinski definition) is 2. The SMILES string of the molecule is CC(=O)C1=C(C)N(c2cccc(Cl)c2)C2(O)c3ccccc3C(=O)C12O. The first kappa shape index (κ1) is 17.0. The number of nitrogens with zero attached hydrogens (tertiary/aromatic N) is 1. The monoisotopic (exact) mass is 369 g/mol. The summed E-state index contributed by atoms with van der Waals surface area (Å²) < 4.78 is 0. The Balaban J connectivity index is 2.10. The molecule has 0 saturated carbocycles. The third kappa shape index (κ3) is 1.77. The first-order valence-electron chi connectivity index (χ1n) is 8.11. The second kappa shape index (κ2) is 5.27. The van der Waals surface area contributed by atoms with Gasteiger partial charge in [0.05, 0.1) is 5.57 Å². The van der Waals surface area contributed by atoms with Gasteiger partial charge in [0.25, 0.3) is 0 Å². The Bertz CT molecular complexity index is 1010. The van der Waals surface area contributed by atoms with Crippen LogP contribution >= 0.6 is 11.6 Å². The van der Waals surface area contributed by atoms with Gasteiger partial charge in [0.15, 0.2) is 5.78 Å². The summed E-state index contributed by atoms with van der Waals surface area (Å²) in [6.45, 7) is 2.87. The minimum Gasteiger partial charge on any atom is -0.372 e. The summed E-state index contributed by atoms with van der Waals surface area (Å²) in [5.74, 6) is -1.17. The number of ketones is 2. The van der Waals surface area contributed by atoms with Gasteiger partial charge in [-0.2, -0.15) is 0 Å². The molecule has 2 aliphatic rings. The van der Waals surface area contributed by atoms with Crippen LogP contribution in [-0.4, -0.2) is 27.4 Å². The van der Waals surface area contributed by atoms with Crippen LogP contribution in [0.3, 0.4) is 0 Å². The van der Waals surface area contributed by atoms with Crippen LogP contribution in [0.1, 0.15) is 29.8 Å². The van der Waals surface area contributed by atoms with Crippen LogP contribution in [0.25, 0.3) is 0 Å². The summed E-state index contributed by atoms with van der Waals surface area (Å²) in [7, 11) is 0. The summed E-state index contributed by atoms with van der Waals surface area (Å²) >= 11 is 6.10. The molecule has 1 aliphatic carbocycles. The van der Waals surface area contributed by atoms with Crippen molar-refractivity contribution in [3.63, 3.8) is 0 Å². The summed E-state index contributed by atoms with van der Waals surface area (Å²) in [6.07, 6.45) is 0. The van der Waals surface area contributed by atoms with Gasteiger partial charge in [-0.05, 0) is 32.0 Å². The van der Waals surface area contributed by atoms with Gasteiger partial charge in [0.2, 0.25) is 17.1 Å². The number of anilines is 1. The minimum atomic E-state index is -2.38. The predicted molar refractivity (Wildman–Crippen MR) is 96.9 cm³/mol. The van der Waals surface area contributed by atoms with Gasteiger partial charge >= 0.3 is 0 Å². The topological polar surface area (TPSA) is 77.8 Å². The van der Waals surface area contributed by atoms with E-state index >= 15 is 0 Å². The molecule has 0 amide bonds. The zero-order valence-corrected chi connectivity index (χ0v) is 14.9. The average Bonchev–Trinajstić information content (AvgIpc) is 2.88. The van der Waals surface area contributed by atoms with Gasteiger partial charge < -0.3 is 15.1 Å². The molecule has 6 heteroatoms. The van der Waals surface area contributed by atoms with Crippen LogP contribution in [0.4, 0.5) is 5.69 Å². The molecule has 2 atom stereocenters. The van der Waals surface area contributed by atoms with E-state index in [0.717, 1.165) is 0 Å². The molecule has 2 unspecified atom stereocenters. The first-order chi connectivity index (χ1) is 12.2. The highest BCUT2D eigenvalue weighted by atomic mass is 35.5. The van der Waals surface area contributed by atoms with E-state index in [-0.39, 0.29) is 16.7 Å². The molecule has 4 rings (SSSR count). The number of fused-ring (bicyclic) bond motifs is 3. The zero-order chi connectivity index (χ0) is 18.9. The largest absolute Gasteiger partial charge is 0.372 e. The van der Waals surface area contributed by atoms with Gasteiger partial charge in [-0.15, -0.1) is 0 Å². The van der Waals surface area contributed by atoms with E-state index in [1.54, 1.807) is 49.4 Å². The smallest absolute Gasteiger partial charge is 0.211 e. The Morgan fingerprint density at radius 1 is 1.12 bits per heavy atom. The van der Waals surface area contributed by atoms with Crippen LogP contribution in [0.15, 0.2) is 59.8 Å². The normalized spacial score (nSPS) is 27.0. The van der Waals surface area contributed by atoms with E-state index in [2.05, 4.69) is 0 Å². The number of rotatable bonds is 2. The first-order valence-corrected chi connectivity index (χ1v) is 8.49. The number of carbonyl (C=O) groups is 2. The van der Waals surface area contributed by atoms with Crippen molar-refractivity contribution in [2.24, 2.45) is 0 Å². The number of aliphatic hydroxyl groups is 2. The van der Waals surface area contributed by atoms with Gasteiger partial charge in [0, 0.05) is 27.5 Å². The standard InChI is InChI=1S/C20H16ClNO4/c1-11-17(12(2)23)19(25)18(24)15-8-3-4-9-16(15)20(19,26)22(11)14-7-5-6-13(21)10-14/h3-10,25-26H,1-2H3. The number of allylic oxidation sites excluding steroid dienone is 1. The lowest BCUT2D eigenvalue weighted by Crippen LogP contribution is -2.58. The molecule has 0 fully saturated rings. The molecule has 26 heavy (non-hydrogen) atoms. The van der Waals surface area contributed by atoms with E-state index in [1.807, 2.05) is 0 Å². The Kier molecular flexibility index (Phi) is 3.44. The number of Topliss-reactive ketones (excluding diaryl/α,β-unsaturated/α-hetero) is 2. The third-order valence-electron chi connectivity index (χ3n) is 5.18. The maximum Gasteiger partial charge on any atom is 0.211 e. The fourth-order valence-corrected chi connectivity index (χ4v) is 4.41. The molecule has 5 nitrogen and oxygen atoms in total. The lowest BCUT2D eigenvalue weighted by molar-refractivity contribution is -0.121. The van der Waals surface area contributed by atoms with Crippen molar-refractivity contribution < 1.29 is 19.8 Å². The summed E-state index contributed by atoms with van der Waals surface area (Å²) in [5.41, 5.74) is -3.39. The van der Waals surface area contributed by atoms with E-state index in [4.69, 9.17) is 11.6 Å². The zero-order valence-electron chi connectivity index (χ0n) is 14.2. The fourth-order valence-electron chi connectivity index (χ4n) is 4.22. The molecule has 0 radical (unpaired) electrons. The van der Waals surface area contributed by atoms with E-state index in [1.165, 1.54) is 17.9 Å². The van der Waals surface area contributed by atoms with Crippen LogP contribution in [-0.2, 0) is 10.5 Å². The Labute approximate surface area is 155 Å². The van der Waals surface area contributed by atoms with Gasteiger partial charge in [-0.3, -0.25) is 9.59 Å².